The van der Waals surface area contributed by atoms with Gasteiger partial charge in [0.1, 0.15) is 0 Å². The molecule has 0 unspecified atom stereocenters. The number of fused-ring (bicyclic) bond motifs is 1. The van der Waals surface area contributed by atoms with Crippen molar-refractivity contribution >= 4 is 16.6 Å². The molecule has 0 radical (unpaired) electrons. The van der Waals surface area contributed by atoms with E-state index in [1.807, 2.05) is 0 Å². The van der Waals surface area contributed by atoms with Crippen LogP contribution in [-0.2, 0) is 0 Å². The van der Waals surface area contributed by atoms with Gasteiger partial charge in [0.05, 0.1) is 15.7 Å². The Morgan fingerprint density at radius 1 is 1.36 bits per heavy atom. The number of nitrogens with zero attached hydrogens (tertiary/aromatic N) is 3. The first kappa shape index (κ1) is 8.36. The molecule has 1 aromatic heterocycles. The van der Waals surface area contributed by atoms with E-state index in [4.69, 9.17) is 0 Å². The molecule has 6 nitrogen and oxygen atoms in total. The van der Waals surface area contributed by atoms with Crippen LogP contribution in [0.2, 0.25) is 0 Å². The number of aromatic nitrogens is 1. The highest BCUT2D eigenvalue weighted by molar-refractivity contribution is 5.82. The lowest BCUT2D eigenvalue weighted by Gasteiger charge is -1.93. The molecule has 0 aliphatic rings. The van der Waals surface area contributed by atoms with Gasteiger partial charge in [0.15, 0.2) is 0 Å². The topological polar surface area (TPSA) is 77.5 Å². The van der Waals surface area contributed by atoms with Gasteiger partial charge >= 0.3 is 0 Å². The monoisotopic (exact) mass is 191 g/mol. The van der Waals surface area contributed by atoms with Gasteiger partial charge in [-0.25, -0.2) is 4.68 Å². The third-order valence-electron chi connectivity index (χ3n) is 1.95. The molecule has 0 fully saturated rings. The van der Waals surface area contributed by atoms with E-state index in [9.17, 15) is 15.0 Å². The Morgan fingerprint density at radius 3 is 2.79 bits per heavy atom. The molecule has 0 bridgehead atoms. The van der Waals surface area contributed by atoms with Crippen LogP contribution >= 0.6 is 0 Å². The zero-order chi connectivity index (χ0) is 10.1. The molecule has 0 amide bonds. The van der Waals surface area contributed by atoms with E-state index in [1.54, 1.807) is 6.07 Å². The van der Waals surface area contributed by atoms with Crippen molar-refractivity contribution < 1.29 is 4.92 Å². The highest BCUT2D eigenvalue weighted by Gasteiger charge is 2.08. The normalized spacial score (nSPS) is 10.3. The number of hydrogen-bond donors (Lipinski definition) is 0. The summed E-state index contributed by atoms with van der Waals surface area (Å²) in [7, 11) is 0. The predicted octanol–water partition coefficient (Wildman–Crippen LogP) is 2.08. The Kier molecular flexibility index (Phi) is 1.74. The summed E-state index contributed by atoms with van der Waals surface area (Å²) in [5, 5.41) is 13.8. The average Bonchev–Trinajstić information content (AvgIpc) is 2.59. The summed E-state index contributed by atoms with van der Waals surface area (Å²) in [4.78, 5) is 20.2. The van der Waals surface area contributed by atoms with Crippen molar-refractivity contribution in [2.45, 2.75) is 0 Å². The van der Waals surface area contributed by atoms with Gasteiger partial charge in [0, 0.05) is 23.7 Å². The van der Waals surface area contributed by atoms with Gasteiger partial charge in [-0.2, -0.15) is 0 Å². The first-order valence-corrected chi connectivity index (χ1v) is 3.81. The van der Waals surface area contributed by atoms with Gasteiger partial charge in [-0.3, -0.25) is 10.1 Å². The molecule has 0 saturated carbocycles. The number of rotatable bonds is 2. The SMILES string of the molecule is O=Nn1ccc2cc([N+](=O)[O-])ccc21. The molecule has 0 aliphatic heterocycles. The second-order valence-corrected chi connectivity index (χ2v) is 2.74. The second kappa shape index (κ2) is 2.91. The van der Waals surface area contributed by atoms with E-state index in [0.29, 0.717) is 10.9 Å². The molecular weight excluding hydrogens is 186 g/mol. The average molecular weight is 191 g/mol. The van der Waals surface area contributed by atoms with E-state index in [-0.39, 0.29) is 5.69 Å². The highest BCUT2D eigenvalue weighted by Crippen LogP contribution is 2.21. The molecule has 0 spiro atoms. The molecule has 1 aromatic carbocycles. The van der Waals surface area contributed by atoms with Gasteiger partial charge in [-0.1, -0.05) is 0 Å². The maximum atomic E-state index is 10.4. The summed E-state index contributed by atoms with van der Waals surface area (Å²) in [6, 6.07) is 5.83. The summed E-state index contributed by atoms with van der Waals surface area (Å²) >= 11 is 0. The third-order valence-corrected chi connectivity index (χ3v) is 1.95. The molecule has 0 N–H and O–H groups in total. The third kappa shape index (κ3) is 1.13. The molecule has 14 heavy (non-hydrogen) atoms. The Balaban J connectivity index is 2.68. The molecule has 2 rings (SSSR count). The Bertz CT molecular complexity index is 518. The summed E-state index contributed by atoms with van der Waals surface area (Å²) in [5.74, 6) is 0. The van der Waals surface area contributed by atoms with E-state index >= 15 is 0 Å². The molecule has 0 atom stereocenters. The second-order valence-electron chi connectivity index (χ2n) is 2.74. The molecule has 0 saturated heterocycles. The molecule has 1 heterocycles. The standard InChI is InChI=1S/C8H5N3O3/c12-9-10-4-3-6-5-7(11(13)14)1-2-8(6)10/h1-5H. The number of nitroso groups, excluding NO2 is 1. The van der Waals surface area contributed by atoms with Gasteiger partial charge in [0.25, 0.3) is 5.69 Å². The van der Waals surface area contributed by atoms with Crippen LogP contribution in [0.15, 0.2) is 35.7 Å². The summed E-state index contributed by atoms with van der Waals surface area (Å²) < 4.78 is 1.12. The van der Waals surface area contributed by atoms with E-state index in [2.05, 4.69) is 5.29 Å². The van der Waals surface area contributed by atoms with E-state index in [0.717, 1.165) is 4.68 Å². The first-order chi connectivity index (χ1) is 6.72. The molecule has 2 aromatic rings. The van der Waals surface area contributed by atoms with Crippen LogP contribution in [0.1, 0.15) is 0 Å². The lowest BCUT2D eigenvalue weighted by atomic mass is 10.2. The molecule has 70 valence electrons. The Labute approximate surface area is 77.9 Å². The van der Waals surface area contributed by atoms with Gasteiger partial charge in [-0.15, -0.1) is 4.91 Å². The summed E-state index contributed by atoms with van der Waals surface area (Å²) in [6.45, 7) is 0. The van der Waals surface area contributed by atoms with Crippen molar-refractivity contribution in [1.29, 1.82) is 0 Å². The maximum absolute atomic E-state index is 10.4. The number of nitro benzene ring substituents is 1. The van der Waals surface area contributed by atoms with Crippen LogP contribution in [0, 0.1) is 15.0 Å². The van der Waals surface area contributed by atoms with E-state index in [1.165, 1.54) is 24.4 Å². The zero-order valence-electron chi connectivity index (χ0n) is 6.95. The minimum atomic E-state index is -0.481. The van der Waals surface area contributed by atoms with Gasteiger partial charge in [0.2, 0.25) is 0 Å². The van der Waals surface area contributed by atoms with Crippen molar-refractivity contribution in [2.75, 3.05) is 0 Å². The smallest absolute Gasteiger partial charge is 0.258 e. The molecule has 6 heteroatoms. The van der Waals surface area contributed by atoms with Crippen molar-refractivity contribution in [2.24, 2.45) is 5.29 Å². The van der Waals surface area contributed by atoms with Crippen molar-refractivity contribution in [1.82, 2.24) is 4.68 Å². The minimum absolute atomic E-state index is 0.00106. The zero-order valence-corrected chi connectivity index (χ0v) is 6.95. The number of benzene rings is 1. The number of hydrogen-bond acceptors (Lipinski definition) is 4. The molecular formula is C8H5N3O3. The maximum Gasteiger partial charge on any atom is 0.270 e. The van der Waals surface area contributed by atoms with Crippen LogP contribution in [-0.4, -0.2) is 9.60 Å². The Hall–Kier alpha value is -2.24. The van der Waals surface area contributed by atoms with Crippen molar-refractivity contribution in [3.63, 3.8) is 0 Å². The fourth-order valence-electron chi connectivity index (χ4n) is 1.30. The van der Waals surface area contributed by atoms with E-state index < -0.39 is 4.92 Å². The van der Waals surface area contributed by atoms with Gasteiger partial charge in [-0.05, 0) is 12.1 Å². The largest absolute Gasteiger partial charge is 0.270 e. The minimum Gasteiger partial charge on any atom is -0.258 e. The quantitative estimate of drug-likeness (QED) is 0.414. The van der Waals surface area contributed by atoms with Crippen LogP contribution < -0.4 is 0 Å². The van der Waals surface area contributed by atoms with Crippen LogP contribution in [0.3, 0.4) is 0 Å². The van der Waals surface area contributed by atoms with Crippen molar-refractivity contribution in [3.8, 4) is 0 Å². The Morgan fingerprint density at radius 2 is 2.14 bits per heavy atom. The number of non-ortho nitro benzene ring substituents is 1. The summed E-state index contributed by atoms with van der Waals surface area (Å²) in [6.07, 6.45) is 1.46. The summed E-state index contributed by atoms with van der Waals surface area (Å²) in [5.41, 5.74) is 0.562. The lowest BCUT2D eigenvalue weighted by molar-refractivity contribution is -0.384. The fraction of sp³-hybridized carbons (Fsp3) is 0. The van der Waals surface area contributed by atoms with Crippen molar-refractivity contribution in [3.05, 3.63) is 45.5 Å². The first-order valence-electron chi connectivity index (χ1n) is 3.81. The molecule has 0 aliphatic carbocycles. The highest BCUT2D eigenvalue weighted by atomic mass is 16.6. The van der Waals surface area contributed by atoms with Gasteiger partial charge < -0.3 is 0 Å². The van der Waals surface area contributed by atoms with Crippen LogP contribution in [0.5, 0.6) is 0 Å². The van der Waals surface area contributed by atoms with Crippen LogP contribution in [0.25, 0.3) is 10.9 Å². The fourth-order valence-corrected chi connectivity index (χ4v) is 1.30. The predicted molar refractivity (Wildman–Crippen MR) is 49.8 cm³/mol. The van der Waals surface area contributed by atoms with Crippen LogP contribution in [0.4, 0.5) is 5.69 Å². The number of nitro groups is 1. The lowest BCUT2D eigenvalue weighted by Crippen LogP contribution is -1.87.